The first-order chi connectivity index (χ1) is 5.16. The van der Waals surface area contributed by atoms with Crippen LogP contribution in [0, 0.1) is 13.8 Å². The minimum atomic E-state index is 0.323. The van der Waals surface area contributed by atoms with Gasteiger partial charge in [0, 0.05) is 0 Å². The summed E-state index contributed by atoms with van der Waals surface area (Å²) >= 11 is 0. The molecule has 1 N–H and O–H groups in total. The molecular weight excluding hydrogens is 140 g/mol. The molecule has 0 bridgehead atoms. The molecule has 0 aromatic heterocycles. The van der Waals surface area contributed by atoms with Crippen LogP contribution in [0.3, 0.4) is 0 Å². The van der Waals surface area contributed by atoms with Crippen molar-refractivity contribution in [1.82, 2.24) is 0 Å². The van der Waals surface area contributed by atoms with Crippen LogP contribution in [0.25, 0.3) is 0 Å². The monoisotopic (exact) mass is 152 g/mol. The molecule has 0 fully saturated rings. The van der Waals surface area contributed by atoms with Crippen LogP contribution >= 0.6 is 0 Å². The number of benzene rings is 1. The molecule has 0 radical (unpaired) electrons. The van der Waals surface area contributed by atoms with Crippen molar-refractivity contribution in [2.75, 3.05) is 7.11 Å². The molecule has 0 unspecified atom stereocenters. The van der Waals surface area contributed by atoms with E-state index in [4.69, 9.17) is 4.74 Å². The van der Waals surface area contributed by atoms with Crippen LogP contribution in [-0.4, -0.2) is 12.2 Å². The third-order valence-corrected chi connectivity index (χ3v) is 1.93. The van der Waals surface area contributed by atoms with E-state index in [1.54, 1.807) is 19.2 Å². The molecule has 0 aliphatic heterocycles. The first kappa shape index (κ1) is 7.92. The number of methoxy groups -OCH3 is 1. The van der Waals surface area contributed by atoms with E-state index in [9.17, 15) is 5.11 Å². The van der Waals surface area contributed by atoms with Crippen molar-refractivity contribution in [3.8, 4) is 11.5 Å². The summed E-state index contributed by atoms with van der Waals surface area (Å²) in [5.74, 6) is 1.14. The number of phenols is 1. The average molecular weight is 152 g/mol. The summed E-state index contributed by atoms with van der Waals surface area (Å²) in [4.78, 5) is 0. The molecule has 1 aromatic carbocycles. The molecular formula is C9H12O2. The molecule has 1 rings (SSSR count). The van der Waals surface area contributed by atoms with Gasteiger partial charge in [0.05, 0.1) is 7.11 Å². The van der Waals surface area contributed by atoms with Crippen LogP contribution in [-0.2, 0) is 0 Å². The topological polar surface area (TPSA) is 29.5 Å². The highest BCUT2D eigenvalue weighted by Crippen LogP contribution is 2.27. The first-order valence-electron chi connectivity index (χ1n) is 3.50. The zero-order chi connectivity index (χ0) is 8.43. The highest BCUT2D eigenvalue weighted by Gasteiger charge is 2.03. The van der Waals surface area contributed by atoms with Gasteiger partial charge in [-0.05, 0) is 37.1 Å². The van der Waals surface area contributed by atoms with E-state index in [0.29, 0.717) is 5.75 Å². The Balaban J connectivity index is 3.25. The summed E-state index contributed by atoms with van der Waals surface area (Å²) < 4.78 is 5.07. The van der Waals surface area contributed by atoms with E-state index in [2.05, 4.69) is 0 Å². The van der Waals surface area contributed by atoms with Gasteiger partial charge in [-0.3, -0.25) is 0 Å². The number of hydrogen-bond donors (Lipinski definition) is 1. The van der Waals surface area contributed by atoms with Crippen molar-refractivity contribution in [2.45, 2.75) is 13.8 Å². The molecule has 2 heteroatoms. The molecule has 0 amide bonds. The van der Waals surface area contributed by atoms with Gasteiger partial charge < -0.3 is 9.84 Å². The Hall–Kier alpha value is -1.18. The van der Waals surface area contributed by atoms with Crippen LogP contribution < -0.4 is 4.74 Å². The Bertz CT molecular complexity index is 267. The van der Waals surface area contributed by atoms with Crippen LogP contribution in [0.4, 0.5) is 0 Å². The minimum absolute atomic E-state index is 0.323. The van der Waals surface area contributed by atoms with Crippen LogP contribution in [0.1, 0.15) is 11.1 Å². The fraction of sp³-hybridized carbons (Fsp3) is 0.333. The lowest BCUT2D eigenvalue weighted by Gasteiger charge is -2.07. The number of ether oxygens (including phenoxy) is 1. The second-order valence-electron chi connectivity index (χ2n) is 2.54. The Morgan fingerprint density at radius 3 is 2.36 bits per heavy atom. The fourth-order valence-electron chi connectivity index (χ4n) is 1.00. The summed E-state index contributed by atoms with van der Waals surface area (Å²) in [6.45, 7) is 3.79. The maximum Gasteiger partial charge on any atom is 0.122 e. The summed E-state index contributed by atoms with van der Waals surface area (Å²) in [6, 6.07) is 3.40. The molecule has 0 spiro atoms. The molecule has 0 saturated heterocycles. The van der Waals surface area contributed by atoms with E-state index in [0.717, 1.165) is 16.9 Å². The summed E-state index contributed by atoms with van der Waals surface area (Å²) in [6.07, 6.45) is 0. The molecule has 0 heterocycles. The summed E-state index contributed by atoms with van der Waals surface area (Å²) in [5.41, 5.74) is 1.87. The normalized spacial score (nSPS) is 9.73. The lowest BCUT2D eigenvalue weighted by atomic mass is 10.1. The molecule has 60 valence electrons. The smallest absolute Gasteiger partial charge is 0.122 e. The van der Waals surface area contributed by atoms with Crippen LogP contribution in [0.5, 0.6) is 11.5 Å². The fourth-order valence-corrected chi connectivity index (χ4v) is 1.00. The molecule has 0 atom stereocenters. The van der Waals surface area contributed by atoms with Crippen LogP contribution in [0.15, 0.2) is 12.1 Å². The highest BCUT2D eigenvalue weighted by atomic mass is 16.5. The van der Waals surface area contributed by atoms with Gasteiger partial charge in [-0.25, -0.2) is 0 Å². The van der Waals surface area contributed by atoms with Crippen LogP contribution in [0.2, 0.25) is 0 Å². The standard InChI is InChI=1S/C9H12O2/c1-6-7(2)9(11-3)5-4-8(6)10/h4-5,10H,1-3H3. The lowest BCUT2D eigenvalue weighted by molar-refractivity contribution is 0.408. The first-order valence-corrected chi connectivity index (χ1v) is 3.50. The lowest BCUT2D eigenvalue weighted by Crippen LogP contribution is -1.89. The minimum Gasteiger partial charge on any atom is -0.508 e. The molecule has 0 aliphatic rings. The van der Waals surface area contributed by atoms with E-state index in [1.807, 2.05) is 13.8 Å². The van der Waals surface area contributed by atoms with E-state index in [-0.39, 0.29) is 0 Å². The second kappa shape index (κ2) is 2.82. The van der Waals surface area contributed by atoms with Gasteiger partial charge in [0.1, 0.15) is 11.5 Å². The largest absolute Gasteiger partial charge is 0.508 e. The quantitative estimate of drug-likeness (QED) is 0.667. The number of rotatable bonds is 1. The van der Waals surface area contributed by atoms with Crippen molar-refractivity contribution in [1.29, 1.82) is 0 Å². The predicted molar refractivity (Wildman–Crippen MR) is 44.1 cm³/mol. The number of aromatic hydroxyl groups is 1. The number of phenolic OH excluding ortho intramolecular Hbond substituents is 1. The molecule has 1 aromatic rings. The van der Waals surface area contributed by atoms with Gasteiger partial charge in [0.2, 0.25) is 0 Å². The van der Waals surface area contributed by atoms with Gasteiger partial charge in [-0.15, -0.1) is 0 Å². The van der Waals surface area contributed by atoms with Crippen molar-refractivity contribution in [3.05, 3.63) is 23.3 Å². The zero-order valence-electron chi connectivity index (χ0n) is 7.01. The predicted octanol–water partition coefficient (Wildman–Crippen LogP) is 2.02. The summed E-state index contributed by atoms with van der Waals surface area (Å²) in [5, 5.41) is 9.26. The van der Waals surface area contributed by atoms with Gasteiger partial charge in [0.25, 0.3) is 0 Å². The number of hydrogen-bond acceptors (Lipinski definition) is 2. The average Bonchev–Trinajstić information content (AvgIpc) is 2.01. The maximum absolute atomic E-state index is 9.26. The van der Waals surface area contributed by atoms with Crippen molar-refractivity contribution in [3.63, 3.8) is 0 Å². The van der Waals surface area contributed by atoms with Gasteiger partial charge >= 0.3 is 0 Å². The van der Waals surface area contributed by atoms with Crippen molar-refractivity contribution < 1.29 is 9.84 Å². The van der Waals surface area contributed by atoms with E-state index >= 15 is 0 Å². The van der Waals surface area contributed by atoms with Gasteiger partial charge in [-0.1, -0.05) is 0 Å². The Labute approximate surface area is 66.4 Å². The Kier molecular flexibility index (Phi) is 2.03. The van der Waals surface area contributed by atoms with E-state index < -0.39 is 0 Å². The maximum atomic E-state index is 9.26. The molecule has 0 saturated carbocycles. The SMILES string of the molecule is COc1ccc(O)c(C)c1C. The Morgan fingerprint density at radius 1 is 1.18 bits per heavy atom. The highest BCUT2D eigenvalue weighted by molar-refractivity contribution is 5.46. The third-order valence-electron chi connectivity index (χ3n) is 1.93. The van der Waals surface area contributed by atoms with Gasteiger partial charge in [0.15, 0.2) is 0 Å². The third kappa shape index (κ3) is 1.29. The second-order valence-corrected chi connectivity index (χ2v) is 2.54. The molecule has 2 nitrogen and oxygen atoms in total. The van der Waals surface area contributed by atoms with Crippen molar-refractivity contribution in [2.24, 2.45) is 0 Å². The Morgan fingerprint density at radius 2 is 1.82 bits per heavy atom. The molecule has 0 aliphatic carbocycles. The van der Waals surface area contributed by atoms with Crippen molar-refractivity contribution >= 4 is 0 Å². The zero-order valence-corrected chi connectivity index (χ0v) is 7.01. The van der Waals surface area contributed by atoms with Gasteiger partial charge in [-0.2, -0.15) is 0 Å². The van der Waals surface area contributed by atoms with E-state index in [1.165, 1.54) is 0 Å². The summed E-state index contributed by atoms with van der Waals surface area (Å²) in [7, 11) is 1.62. The molecule has 11 heavy (non-hydrogen) atoms.